The first-order chi connectivity index (χ1) is 11.9. The smallest absolute Gasteiger partial charge is 0.242 e. The van der Waals surface area contributed by atoms with Gasteiger partial charge >= 0.3 is 0 Å². The summed E-state index contributed by atoms with van der Waals surface area (Å²) in [6.07, 6.45) is 0. The number of carbonyl (C=O) groups is 1. The molecule has 0 saturated carbocycles. The van der Waals surface area contributed by atoms with Crippen LogP contribution in [0.1, 0.15) is 11.5 Å². The van der Waals surface area contributed by atoms with Gasteiger partial charge in [-0.05, 0) is 36.1 Å². The summed E-state index contributed by atoms with van der Waals surface area (Å²) in [5, 5.41) is 8.19. The van der Waals surface area contributed by atoms with Crippen molar-refractivity contribution in [2.24, 2.45) is 0 Å². The summed E-state index contributed by atoms with van der Waals surface area (Å²) in [4.78, 5) is 16.8. The maximum atomic E-state index is 12.2. The Morgan fingerprint density at radius 3 is 2.84 bits per heavy atom. The fraction of sp³-hybridized carbons (Fsp3) is 0.188. The van der Waals surface area contributed by atoms with Crippen LogP contribution in [0.2, 0.25) is 0 Å². The van der Waals surface area contributed by atoms with Gasteiger partial charge in [-0.25, -0.2) is 8.42 Å². The highest BCUT2D eigenvalue weighted by Crippen LogP contribution is 2.21. The maximum Gasteiger partial charge on any atom is 0.242 e. The number of nitrogens with one attached hydrogen (secondary N) is 1. The first kappa shape index (κ1) is 17.3. The van der Waals surface area contributed by atoms with E-state index in [-0.39, 0.29) is 5.89 Å². The van der Waals surface area contributed by atoms with Crippen molar-refractivity contribution in [2.45, 2.75) is 12.7 Å². The lowest BCUT2D eigenvalue weighted by Gasteiger charge is -2.06. The van der Waals surface area contributed by atoms with Gasteiger partial charge in [-0.3, -0.25) is 4.79 Å². The van der Waals surface area contributed by atoms with Gasteiger partial charge in [0.25, 0.3) is 0 Å². The zero-order valence-electron chi connectivity index (χ0n) is 13.3. The van der Waals surface area contributed by atoms with E-state index in [0.717, 1.165) is 10.4 Å². The topological polar surface area (TPSA) is 102 Å². The quantitative estimate of drug-likeness (QED) is 0.708. The van der Waals surface area contributed by atoms with Crippen molar-refractivity contribution in [3.8, 4) is 10.7 Å². The second kappa shape index (κ2) is 7.16. The molecule has 2 aromatic heterocycles. The number of carbonyl (C=O) groups excluding carboxylic acids is 1. The normalized spacial score (nSPS) is 11.4. The van der Waals surface area contributed by atoms with Crippen LogP contribution in [-0.2, 0) is 20.4 Å². The lowest BCUT2D eigenvalue weighted by atomic mass is 10.2. The van der Waals surface area contributed by atoms with Crippen LogP contribution in [0.25, 0.3) is 10.7 Å². The molecular weight excluding hydrogens is 362 g/mol. The molecule has 9 heteroatoms. The molecule has 1 aromatic carbocycles. The lowest BCUT2D eigenvalue weighted by molar-refractivity contribution is -0.113. The summed E-state index contributed by atoms with van der Waals surface area (Å²) in [7, 11) is -3.72. The van der Waals surface area contributed by atoms with Crippen molar-refractivity contribution in [2.75, 3.05) is 11.1 Å². The number of thiophene rings is 1. The van der Waals surface area contributed by atoms with Gasteiger partial charge < -0.3 is 9.84 Å². The molecule has 130 valence electrons. The Morgan fingerprint density at radius 1 is 1.28 bits per heavy atom. The summed E-state index contributed by atoms with van der Waals surface area (Å²) >= 11 is 1.42. The van der Waals surface area contributed by atoms with Crippen LogP contribution in [0, 0.1) is 6.92 Å². The van der Waals surface area contributed by atoms with Gasteiger partial charge in [0.2, 0.25) is 17.6 Å². The number of hydrogen-bond acceptors (Lipinski definition) is 7. The van der Waals surface area contributed by atoms with Crippen molar-refractivity contribution in [3.63, 3.8) is 0 Å². The van der Waals surface area contributed by atoms with E-state index in [9.17, 15) is 13.2 Å². The van der Waals surface area contributed by atoms with E-state index in [2.05, 4.69) is 15.5 Å². The Kier molecular flexibility index (Phi) is 4.95. The minimum Gasteiger partial charge on any atom is -0.338 e. The van der Waals surface area contributed by atoms with E-state index in [1.165, 1.54) is 11.3 Å². The number of aromatic nitrogens is 2. The predicted octanol–water partition coefficient (Wildman–Crippen LogP) is 2.66. The zero-order chi connectivity index (χ0) is 17.9. The molecule has 7 nitrogen and oxygen atoms in total. The Bertz CT molecular complexity index is 978. The Balaban J connectivity index is 1.63. The second-order valence-corrected chi connectivity index (χ2v) is 8.45. The second-order valence-electron chi connectivity index (χ2n) is 5.44. The minimum atomic E-state index is -3.72. The Morgan fingerprint density at radius 2 is 2.12 bits per heavy atom. The molecule has 3 aromatic rings. The number of anilines is 1. The number of aryl methyl sites for hydroxylation is 1. The molecular formula is C16H15N3O4S2. The fourth-order valence-corrected chi connectivity index (χ4v) is 3.89. The van der Waals surface area contributed by atoms with Crippen LogP contribution in [0.3, 0.4) is 0 Å². The predicted molar refractivity (Wildman–Crippen MR) is 94.9 cm³/mol. The molecule has 0 aliphatic heterocycles. The molecule has 1 N–H and O–H groups in total. The van der Waals surface area contributed by atoms with E-state index in [1.54, 1.807) is 18.2 Å². The molecule has 25 heavy (non-hydrogen) atoms. The average Bonchev–Trinajstić information content (AvgIpc) is 3.16. The standard InChI is InChI=1S/C16H15N3O4S2/c1-11-4-2-5-12(8-11)17-14(20)9-25(21,22)10-15-18-16(19-23-15)13-6-3-7-24-13/h2-8H,9-10H2,1H3,(H,17,20). The minimum absolute atomic E-state index is 0.0354. The Labute approximate surface area is 148 Å². The van der Waals surface area contributed by atoms with E-state index >= 15 is 0 Å². The molecule has 0 radical (unpaired) electrons. The molecule has 2 heterocycles. The van der Waals surface area contributed by atoms with Crippen LogP contribution >= 0.6 is 11.3 Å². The van der Waals surface area contributed by atoms with Crippen molar-refractivity contribution in [1.29, 1.82) is 0 Å². The van der Waals surface area contributed by atoms with Gasteiger partial charge in [-0.15, -0.1) is 11.3 Å². The van der Waals surface area contributed by atoms with Crippen LogP contribution in [-0.4, -0.2) is 30.2 Å². The first-order valence-corrected chi connectivity index (χ1v) is 10.0. The SMILES string of the molecule is Cc1cccc(NC(=O)CS(=O)(=O)Cc2nc(-c3cccs3)no2)c1. The summed E-state index contributed by atoms with van der Waals surface area (Å²) < 4.78 is 29.3. The highest BCUT2D eigenvalue weighted by atomic mass is 32.2. The lowest BCUT2D eigenvalue weighted by Crippen LogP contribution is -2.24. The monoisotopic (exact) mass is 377 g/mol. The largest absolute Gasteiger partial charge is 0.338 e. The van der Waals surface area contributed by atoms with Gasteiger partial charge in [0, 0.05) is 5.69 Å². The van der Waals surface area contributed by atoms with Gasteiger partial charge in [0.15, 0.2) is 9.84 Å². The van der Waals surface area contributed by atoms with Crippen molar-refractivity contribution < 1.29 is 17.7 Å². The van der Waals surface area contributed by atoms with Gasteiger partial charge in [0.1, 0.15) is 11.5 Å². The number of nitrogens with zero attached hydrogens (tertiary/aromatic N) is 2. The molecule has 0 spiro atoms. The number of benzene rings is 1. The van der Waals surface area contributed by atoms with Crippen molar-refractivity contribution >= 4 is 32.8 Å². The van der Waals surface area contributed by atoms with Crippen molar-refractivity contribution in [3.05, 3.63) is 53.2 Å². The maximum absolute atomic E-state index is 12.2. The molecule has 0 aliphatic rings. The van der Waals surface area contributed by atoms with E-state index in [0.29, 0.717) is 11.5 Å². The third-order valence-electron chi connectivity index (χ3n) is 3.21. The third kappa shape index (κ3) is 4.74. The summed E-state index contributed by atoms with van der Waals surface area (Å²) in [5.41, 5.74) is 1.52. The average molecular weight is 377 g/mol. The van der Waals surface area contributed by atoms with Crippen LogP contribution < -0.4 is 5.32 Å². The summed E-state index contributed by atoms with van der Waals surface area (Å²) in [6, 6.07) is 10.8. The molecule has 1 amide bonds. The van der Waals surface area contributed by atoms with E-state index in [1.807, 2.05) is 30.5 Å². The van der Waals surface area contributed by atoms with Crippen LogP contribution in [0.4, 0.5) is 5.69 Å². The molecule has 0 aliphatic carbocycles. The Hall–Kier alpha value is -2.52. The summed E-state index contributed by atoms with van der Waals surface area (Å²) in [5.74, 6) is -1.44. The van der Waals surface area contributed by atoms with E-state index < -0.39 is 27.3 Å². The van der Waals surface area contributed by atoms with Crippen LogP contribution in [0.5, 0.6) is 0 Å². The molecule has 0 bridgehead atoms. The molecule has 0 unspecified atom stereocenters. The van der Waals surface area contributed by atoms with E-state index in [4.69, 9.17) is 4.52 Å². The molecule has 0 atom stereocenters. The summed E-state index contributed by atoms with van der Waals surface area (Å²) in [6.45, 7) is 1.88. The molecule has 0 saturated heterocycles. The van der Waals surface area contributed by atoms with Gasteiger partial charge in [0.05, 0.1) is 4.88 Å². The number of hydrogen-bond donors (Lipinski definition) is 1. The van der Waals surface area contributed by atoms with Gasteiger partial charge in [-0.1, -0.05) is 23.4 Å². The molecule has 3 rings (SSSR count). The fourth-order valence-electron chi connectivity index (χ4n) is 2.18. The van der Waals surface area contributed by atoms with Crippen molar-refractivity contribution in [1.82, 2.24) is 10.1 Å². The number of amides is 1. The number of sulfone groups is 1. The first-order valence-electron chi connectivity index (χ1n) is 7.35. The zero-order valence-corrected chi connectivity index (χ0v) is 14.9. The highest BCUT2D eigenvalue weighted by molar-refractivity contribution is 7.91. The molecule has 0 fully saturated rings. The van der Waals surface area contributed by atoms with Gasteiger partial charge in [-0.2, -0.15) is 4.98 Å². The third-order valence-corrected chi connectivity index (χ3v) is 5.46. The van der Waals surface area contributed by atoms with Crippen LogP contribution in [0.15, 0.2) is 46.3 Å². The highest BCUT2D eigenvalue weighted by Gasteiger charge is 2.22. The number of rotatable bonds is 6.